The molecular formula is C21H40O4S. The summed E-state index contributed by atoms with van der Waals surface area (Å²) in [5.41, 5.74) is 0. The Balaban J connectivity index is 3.33. The van der Waals surface area contributed by atoms with E-state index in [4.69, 9.17) is 0 Å². The molecule has 0 fully saturated rings. The highest BCUT2D eigenvalue weighted by Crippen LogP contribution is 2.10. The lowest BCUT2D eigenvalue weighted by Gasteiger charge is -2.02. The Kier molecular flexibility index (Phi) is 17.3. The monoisotopic (exact) mass is 388 g/mol. The number of rotatable bonds is 19. The number of hydrogen-bond donors (Lipinski definition) is 0. The van der Waals surface area contributed by atoms with Crippen molar-refractivity contribution < 1.29 is 17.4 Å². The predicted molar refractivity (Wildman–Crippen MR) is 110 cm³/mol. The molecule has 0 atom stereocenters. The van der Waals surface area contributed by atoms with Gasteiger partial charge in [0.05, 0.1) is 12.9 Å². The molecule has 154 valence electrons. The minimum Gasteiger partial charge on any atom is -0.300 e. The largest absolute Gasteiger partial charge is 0.300 e. The van der Waals surface area contributed by atoms with Crippen LogP contribution in [0.15, 0.2) is 12.2 Å². The zero-order valence-corrected chi connectivity index (χ0v) is 17.8. The van der Waals surface area contributed by atoms with Crippen molar-refractivity contribution in [3.63, 3.8) is 0 Å². The molecule has 0 saturated heterocycles. The lowest BCUT2D eigenvalue weighted by Crippen LogP contribution is -2.12. The first-order valence-electron chi connectivity index (χ1n) is 10.5. The van der Waals surface area contributed by atoms with E-state index in [0.717, 1.165) is 32.8 Å². The summed E-state index contributed by atoms with van der Waals surface area (Å²) < 4.78 is 26.6. The number of unbranched alkanes of at least 4 members (excludes halogenated alkanes) is 11. The third-order valence-corrected chi connectivity index (χ3v) is 5.81. The summed E-state index contributed by atoms with van der Waals surface area (Å²) in [5.74, 6) is -0.184. The molecule has 0 amide bonds. The Hall–Kier alpha value is -0.680. The summed E-state index contributed by atoms with van der Waals surface area (Å²) in [7, 11) is -2.37. The number of carbonyl (C=O) groups is 1. The van der Waals surface area contributed by atoms with E-state index in [1.165, 1.54) is 57.8 Å². The highest BCUT2D eigenvalue weighted by Gasteiger charge is 2.11. The molecule has 0 aliphatic carbocycles. The average molecular weight is 389 g/mol. The summed E-state index contributed by atoms with van der Waals surface area (Å²) >= 11 is 0. The van der Waals surface area contributed by atoms with E-state index in [1.54, 1.807) is 0 Å². The Bertz CT molecular complexity index is 455. The van der Waals surface area contributed by atoms with Crippen molar-refractivity contribution in [3.8, 4) is 0 Å². The molecule has 0 radical (unpaired) electrons. The summed E-state index contributed by atoms with van der Waals surface area (Å²) in [6.07, 6.45) is 21.2. The summed E-state index contributed by atoms with van der Waals surface area (Å²) in [5, 5.41) is 0. The molecule has 0 saturated carbocycles. The van der Waals surface area contributed by atoms with Crippen LogP contribution in [-0.4, -0.2) is 27.1 Å². The molecule has 0 aromatic heterocycles. The van der Waals surface area contributed by atoms with Gasteiger partial charge in [-0.3, -0.25) is 8.98 Å². The van der Waals surface area contributed by atoms with Gasteiger partial charge >= 0.3 is 0 Å². The smallest absolute Gasteiger partial charge is 0.267 e. The maximum atomic E-state index is 11.6. The van der Waals surface area contributed by atoms with Crippen LogP contribution in [0.3, 0.4) is 0 Å². The lowest BCUT2D eigenvalue weighted by atomic mass is 10.1. The number of ketones is 1. The normalized spacial score (nSPS) is 12.1. The number of Topliss-reactive ketones (excluding diaryl/α,β-unsaturated/α-hetero) is 1. The highest BCUT2D eigenvalue weighted by molar-refractivity contribution is 7.86. The molecule has 0 rings (SSSR count). The van der Waals surface area contributed by atoms with Gasteiger partial charge in [-0.1, -0.05) is 70.4 Å². The molecule has 0 unspecified atom stereocenters. The van der Waals surface area contributed by atoms with Gasteiger partial charge in [-0.15, -0.1) is 0 Å². The second-order valence-corrected chi connectivity index (χ2v) is 8.91. The van der Waals surface area contributed by atoms with Gasteiger partial charge < -0.3 is 0 Å². The first-order chi connectivity index (χ1) is 12.5. The van der Waals surface area contributed by atoms with Crippen LogP contribution in [0.1, 0.15) is 103 Å². The van der Waals surface area contributed by atoms with Crippen LogP contribution >= 0.6 is 0 Å². The summed E-state index contributed by atoms with van der Waals surface area (Å²) in [6, 6.07) is 0. The minimum absolute atomic E-state index is 0.0169. The zero-order valence-electron chi connectivity index (χ0n) is 17.0. The van der Waals surface area contributed by atoms with E-state index in [1.807, 2.05) is 0 Å². The molecule has 5 heteroatoms. The van der Waals surface area contributed by atoms with Crippen LogP contribution < -0.4 is 0 Å². The van der Waals surface area contributed by atoms with Crippen molar-refractivity contribution in [1.82, 2.24) is 0 Å². The van der Waals surface area contributed by atoms with Crippen molar-refractivity contribution in [2.24, 2.45) is 0 Å². The van der Waals surface area contributed by atoms with E-state index in [9.17, 15) is 13.2 Å². The van der Waals surface area contributed by atoms with Crippen molar-refractivity contribution in [2.45, 2.75) is 103 Å². The molecule has 0 N–H and O–H groups in total. The lowest BCUT2D eigenvalue weighted by molar-refractivity contribution is -0.118. The second kappa shape index (κ2) is 17.7. The SMILES string of the molecule is CCCCCCCC/C=C\CCCCCCCC(=O)CCS(=O)(=O)OC. The maximum absolute atomic E-state index is 11.6. The molecule has 0 spiro atoms. The quantitative estimate of drug-likeness (QED) is 0.156. The molecule has 0 aromatic rings. The van der Waals surface area contributed by atoms with Gasteiger partial charge in [0.1, 0.15) is 5.78 Å². The van der Waals surface area contributed by atoms with Gasteiger partial charge in [-0.25, -0.2) is 0 Å². The van der Waals surface area contributed by atoms with E-state index < -0.39 is 10.1 Å². The molecule has 0 aliphatic heterocycles. The van der Waals surface area contributed by atoms with Crippen molar-refractivity contribution >= 4 is 15.9 Å². The van der Waals surface area contributed by atoms with Crippen LogP contribution in [-0.2, 0) is 19.1 Å². The van der Waals surface area contributed by atoms with E-state index in [-0.39, 0.29) is 18.0 Å². The second-order valence-electron chi connectivity index (χ2n) is 7.05. The van der Waals surface area contributed by atoms with Crippen molar-refractivity contribution in [2.75, 3.05) is 12.9 Å². The average Bonchev–Trinajstić information content (AvgIpc) is 2.63. The van der Waals surface area contributed by atoms with Gasteiger partial charge in [0.25, 0.3) is 10.1 Å². The van der Waals surface area contributed by atoms with Crippen molar-refractivity contribution in [3.05, 3.63) is 12.2 Å². The molecule has 26 heavy (non-hydrogen) atoms. The Morgan fingerprint density at radius 2 is 1.27 bits per heavy atom. The summed E-state index contributed by atoms with van der Waals surface area (Å²) in [4.78, 5) is 11.6. The van der Waals surface area contributed by atoms with E-state index in [2.05, 4.69) is 23.3 Å². The fourth-order valence-electron chi connectivity index (χ4n) is 2.84. The number of allylic oxidation sites excluding steroid dienone is 2. The molecule has 4 nitrogen and oxygen atoms in total. The first-order valence-corrected chi connectivity index (χ1v) is 12.0. The zero-order chi connectivity index (χ0) is 19.5. The van der Waals surface area contributed by atoms with Crippen LogP contribution in [0, 0.1) is 0 Å². The number of hydrogen-bond acceptors (Lipinski definition) is 4. The standard InChI is InChI=1S/C21H40O4S/c1-3-4-5-6-7-8-9-10-11-12-13-14-15-16-17-18-21(22)19-20-26(23,24)25-2/h10-11H,3-9,12-20H2,1-2H3/b11-10-. The first kappa shape index (κ1) is 25.3. The van der Waals surface area contributed by atoms with Gasteiger partial charge in [0.2, 0.25) is 0 Å². The van der Waals surface area contributed by atoms with Crippen molar-refractivity contribution in [1.29, 1.82) is 0 Å². The molecule has 0 bridgehead atoms. The van der Waals surface area contributed by atoms with E-state index in [0.29, 0.717) is 6.42 Å². The third kappa shape index (κ3) is 18.1. The molecule has 0 heterocycles. The van der Waals surface area contributed by atoms with Crippen LogP contribution in [0.5, 0.6) is 0 Å². The highest BCUT2D eigenvalue weighted by atomic mass is 32.2. The van der Waals surface area contributed by atoms with Crippen LogP contribution in [0.4, 0.5) is 0 Å². The minimum atomic E-state index is -3.50. The van der Waals surface area contributed by atoms with Gasteiger partial charge in [0.15, 0.2) is 0 Å². The third-order valence-electron chi connectivity index (χ3n) is 4.60. The molecule has 0 aromatic carbocycles. The molecular weight excluding hydrogens is 348 g/mol. The summed E-state index contributed by atoms with van der Waals surface area (Å²) in [6.45, 7) is 2.25. The Labute approximate surface area is 161 Å². The Morgan fingerprint density at radius 3 is 1.81 bits per heavy atom. The van der Waals surface area contributed by atoms with E-state index >= 15 is 0 Å². The van der Waals surface area contributed by atoms with Crippen LogP contribution in [0.25, 0.3) is 0 Å². The fraction of sp³-hybridized carbons (Fsp3) is 0.857. The number of carbonyl (C=O) groups excluding carboxylic acids is 1. The van der Waals surface area contributed by atoms with Gasteiger partial charge in [-0.2, -0.15) is 8.42 Å². The molecule has 0 aliphatic rings. The van der Waals surface area contributed by atoms with Gasteiger partial charge in [0, 0.05) is 12.8 Å². The van der Waals surface area contributed by atoms with Gasteiger partial charge in [-0.05, 0) is 32.1 Å². The maximum Gasteiger partial charge on any atom is 0.267 e. The topological polar surface area (TPSA) is 60.4 Å². The fourth-order valence-corrected chi connectivity index (χ4v) is 3.48. The van der Waals surface area contributed by atoms with Crippen LogP contribution in [0.2, 0.25) is 0 Å². The predicted octanol–water partition coefficient (Wildman–Crippen LogP) is 5.96. The Morgan fingerprint density at radius 1 is 0.769 bits per heavy atom.